The number of likely N-dealkylation sites (N-methyl/N-ethyl adjacent to an activating group) is 1. The van der Waals surface area contributed by atoms with Crippen LogP contribution in [0.25, 0.3) is 0 Å². The van der Waals surface area contributed by atoms with E-state index in [2.05, 4.69) is 5.16 Å². The third-order valence-corrected chi connectivity index (χ3v) is 3.99. The molecule has 0 atom stereocenters. The smallest absolute Gasteiger partial charge is 0.170 e. The Morgan fingerprint density at radius 3 is 2.71 bits per heavy atom. The van der Waals surface area contributed by atoms with Crippen molar-refractivity contribution in [2.75, 3.05) is 13.6 Å². The van der Waals surface area contributed by atoms with Crippen molar-refractivity contribution in [3.05, 3.63) is 35.1 Å². The SMILES string of the molecule is CN(Cc1ccc(F)cc1/C(N)=N/O)CC1(O)CCCC1. The van der Waals surface area contributed by atoms with Crippen molar-refractivity contribution in [1.82, 2.24) is 4.90 Å². The lowest BCUT2D eigenvalue weighted by Gasteiger charge is -2.29. The van der Waals surface area contributed by atoms with E-state index in [1.54, 1.807) is 6.07 Å². The summed E-state index contributed by atoms with van der Waals surface area (Å²) < 4.78 is 13.3. The summed E-state index contributed by atoms with van der Waals surface area (Å²) in [5, 5.41) is 22.2. The molecule has 0 aromatic heterocycles. The minimum Gasteiger partial charge on any atom is -0.409 e. The second-order valence-electron chi connectivity index (χ2n) is 5.89. The first kappa shape index (κ1) is 15.7. The first-order chi connectivity index (χ1) is 9.93. The van der Waals surface area contributed by atoms with Gasteiger partial charge in [0.25, 0.3) is 0 Å². The van der Waals surface area contributed by atoms with E-state index in [1.165, 1.54) is 12.1 Å². The Morgan fingerprint density at radius 1 is 1.43 bits per heavy atom. The number of hydrogen-bond acceptors (Lipinski definition) is 4. The molecule has 1 aromatic carbocycles. The van der Waals surface area contributed by atoms with Crippen molar-refractivity contribution in [3.63, 3.8) is 0 Å². The molecule has 1 aromatic rings. The molecule has 21 heavy (non-hydrogen) atoms. The van der Waals surface area contributed by atoms with Crippen LogP contribution in [-0.2, 0) is 6.54 Å². The normalized spacial score (nSPS) is 18.4. The van der Waals surface area contributed by atoms with E-state index in [1.807, 2.05) is 11.9 Å². The van der Waals surface area contributed by atoms with Gasteiger partial charge in [0.1, 0.15) is 5.82 Å². The van der Waals surface area contributed by atoms with E-state index in [9.17, 15) is 9.50 Å². The largest absolute Gasteiger partial charge is 0.409 e. The molecule has 0 spiro atoms. The highest BCUT2D eigenvalue weighted by Gasteiger charge is 2.32. The standard InChI is InChI=1S/C15H22FN3O2/c1-19(10-15(20)6-2-3-7-15)9-11-4-5-12(16)8-13(11)14(17)18-21/h4-5,8,20-21H,2-3,6-7,9-10H2,1H3,(H2,17,18). The van der Waals surface area contributed by atoms with Gasteiger partial charge >= 0.3 is 0 Å². The Labute approximate surface area is 123 Å². The number of oxime groups is 1. The highest BCUT2D eigenvalue weighted by Crippen LogP contribution is 2.30. The molecular formula is C15H22FN3O2. The summed E-state index contributed by atoms with van der Waals surface area (Å²) in [6.07, 6.45) is 3.73. The van der Waals surface area contributed by atoms with Crippen LogP contribution in [-0.4, -0.2) is 40.2 Å². The van der Waals surface area contributed by atoms with Crippen LogP contribution in [0.1, 0.15) is 36.8 Å². The maximum atomic E-state index is 13.3. The molecule has 0 aliphatic heterocycles. The molecule has 2 rings (SSSR count). The lowest BCUT2D eigenvalue weighted by molar-refractivity contribution is 0.0145. The summed E-state index contributed by atoms with van der Waals surface area (Å²) >= 11 is 0. The number of nitrogens with two attached hydrogens (primary N) is 1. The summed E-state index contributed by atoms with van der Waals surface area (Å²) in [6, 6.07) is 4.22. The lowest BCUT2D eigenvalue weighted by atomic mass is 10.0. The number of benzene rings is 1. The zero-order valence-corrected chi connectivity index (χ0v) is 12.2. The third-order valence-electron chi connectivity index (χ3n) is 3.99. The van der Waals surface area contributed by atoms with Crippen molar-refractivity contribution in [2.45, 2.75) is 37.8 Å². The van der Waals surface area contributed by atoms with Crippen LogP contribution in [0.5, 0.6) is 0 Å². The molecule has 0 amide bonds. The van der Waals surface area contributed by atoms with E-state index < -0.39 is 11.4 Å². The number of halogens is 1. The van der Waals surface area contributed by atoms with E-state index in [4.69, 9.17) is 10.9 Å². The van der Waals surface area contributed by atoms with Crippen molar-refractivity contribution in [1.29, 1.82) is 0 Å². The Hall–Kier alpha value is -1.66. The van der Waals surface area contributed by atoms with E-state index >= 15 is 0 Å². The molecular weight excluding hydrogens is 273 g/mol. The van der Waals surface area contributed by atoms with Crippen molar-refractivity contribution in [3.8, 4) is 0 Å². The topological polar surface area (TPSA) is 82.1 Å². The van der Waals surface area contributed by atoms with Gasteiger partial charge < -0.3 is 16.0 Å². The average Bonchev–Trinajstić information content (AvgIpc) is 2.86. The summed E-state index contributed by atoms with van der Waals surface area (Å²) in [7, 11) is 1.90. The quantitative estimate of drug-likeness (QED) is 0.334. The number of nitrogens with zero attached hydrogens (tertiary/aromatic N) is 2. The second-order valence-corrected chi connectivity index (χ2v) is 5.89. The van der Waals surface area contributed by atoms with Crippen LogP contribution in [0.3, 0.4) is 0 Å². The minimum absolute atomic E-state index is 0.113. The van der Waals surface area contributed by atoms with Gasteiger partial charge in [0.15, 0.2) is 5.84 Å². The maximum absolute atomic E-state index is 13.3. The van der Waals surface area contributed by atoms with Gasteiger partial charge in [-0.25, -0.2) is 4.39 Å². The summed E-state index contributed by atoms with van der Waals surface area (Å²) in [5.41, 5.74) is 6.10. The molecule has 4 N–H and O–H groups in total. The molecule has 6 heteroatoms. The average molecular weight is 295 g/mol. The van der Waals surface area contributed by atoms with Crippen LogP contribution in [0.4, 0.5) is 4.39 Å². The van der Waals surface area contributed by atoms with Crippen LogP contribution in [0.15, 0.2) is 23.4 Å². The van der Waals surface area contributed by atoms with Gasteiger partial charge in [0.2, 0.25) is 0 Å². The Bertz CT molecular complexity index is 528. The number of hydrogen-bond donors (Lipinski definition) is 3. The van der Waals surface area contributed by atoms with Crippen molar-refractivity contribution < 1.29 is 14.7 Å². The molecule has 1 fully saturated rings. The van der Waals surface area contributed by atoms with Gasteiger partial charge in [0.05, 0.1) is 5.60 Å². The fourth-order valence-electron chi connectivity index (χ4n) is 3.02. The molecule has 5 nitrogen and oxygen atoms in total. The monoisotopic (exact) mass is 295 g/mol. The first-order valence-corrected chi connectivity index (χ1v) is 7.11. The highest BCUT2D eigenvalue weighted by atomic mass is 19.1. The summed E-state index contributed by atoms with van der Waals surface area (Å²) in [5.74, 6) is -0.546. The highest BCUT2D eigenvalue weighted by molar-refractivity contribution is 5.98. The second kappa shape index (κ2) is 6.41. The van der Waals surface area contributed by atoms with Gasteiger partial charge in [-0.1, -0.05) is 24.1 Å². The van der Waals surface area contributed by atoms with E-state index in [0.29, 0.717) is 18.7 Å². The number of amidine groups is 1. The fraction of sp³-hybridized carbons (Fsp3) is 0.533. The van der Waals surface area contributed by atoms with E-state index in [0.717, 1.165) is 31.2 Å². The predicted molar refractivity (Wildman–Crippen MR) is 78.7 cm³/mol. The Morgan fingerprint density at radius 2 is 2.10 bits per heavy atom. The number of aliphatic hydroxyl groups is 1. The molecule has 1 aliphatic rings. The van der Waals surface area contributed by atoms with E-state index in [-0.39, 0.29) is 5.84 Å². The molecule has 116 valence electrons. The van der Waals surface area contributed by atoms with Crippen molar-refractivity contribution >= 4 is 5.84 Å². The molecule has 0 bridgehead atoms. The van der Waals surface area contributed by atoms with Crippen LogP contribution in [0, 0.1) is 5.82 Å². The zero-order chi connectivity index (χ0) is 15.5. The Kier molecular flexibility index (Phi) is 4.80. The predicted octanol–water partition coefficient (Wildman–Crippen LogP) is 1.66. The van der Waals surface area contributed by atoms with Crippen molar-refractivity contribution in [2.24, 2.45) is 10.9 Å². The van der Waals surface area contributed by atoms with Crippen LogP contribution >= 0.6 is 0 Å². The Balaban J connectivity index is 2.11. The zero-order valence-electron chi connectivity index (χ0n) is 12.2. The number of rotatable bonds is 5. The van der Waals surface area contributed by atoms with Gasteiger partial charge in [-0.15, -0.1) is 0 Å². The lowest BCUT2D eigenvalue weighted by Crippen LogP contribution is -2.39. The van der Waals surface area contributed by atoms with Crippen LogP contribution < -0.4 is 5.73 Å². The third kappa shape index (κ3) is 3.92. The molecule has 0 heterocycles. The molecule has 0 radical (unpaired) electrons. The molecule has 1 aliphatic carbocycles. The molecule has 0 unspecified atom stereocenters. The molecule has 1 saturated carbocycles. The van der Waals surface area contributed by atoms with Gasteiger partial charge in [-0.05, 0) is 37.6 Å². The minimum atomic E-state index is -0.633. The van der Waals surface area contributed by atoms with Gasteiger partial charge in [-0.2, -0.15) is 0 Å². The molecule has 0 saturated heterocycles. The maximum Gasteiger partial charge on any atom is 0.170 e. The van der Waals surface area contributed by atoms with Gasteiger partial charge in [-0.3, -0.25) is 4.90 Å². The fourth-order valence-corrected chi connectivity index (χ4v) is 3.02. The summed E-state index contributed by atoms with van der Waals surface area (Å²) in [4.78, 5) is 1.98. The van der Waals surface area contributed by atoms with Crippen LogP contribution in [0.2, 0.25) is 0 Å². The summed E-state index contributed by atoms with van der Waals surface area (Å²) in [6.45, 7) is 1.05. The van der Waals surface area contributed by atoms with Gasteiger partial charge in [0, 0.05) is 18.7 Å². The first-order valence-electron chi connectivity index (χ1n) is 7.11.